The number of carbonyl (C=O) groups is 3. The van der Waals surface area contributed by atoms with Crippen LogP contribution in [-0.4, -0.2) is 36.2 Å². The standard InChI is InChI=1S/C19H19N3O4/c1-12-7-8-20-17(9-12)21-18(24)6-4-15(23)13-3-5-16-14(10-13)22(2)19(25)11-26-16/h3,5,7-10H,4,6,11H2,1-2H3,(H,20,21,24). The van der Waals surface area contributed by atoms with Crippen molar-refractivity contribution >= 4 is 29.1 Å². The number of carbonyl (C=O) groups excluding carboxylic acids is 3. The highest BCUT2D eigenvalue weighted by Gasteiger charge is 2.23. The summed E-state index contributed by atoms with van der Waals surface area (Å²) < 4.78 is 5.34. The molecule has 0 atom stereocenters. The minimum absolute atomic E-state index is 0.00996. The van der Waals surface area contributed by atoms with Crippen molar-refractivity contribution < 1.29 is 19.1 Å². The van der Waals surface area contributed by atoms with Gasteiger partial charge in [0, 0.05) is 31.6 Å². The number of aryl methyl sites for hydroxylation is 1. The number of hydrogen-bond acceptors (Lipinski definition) is 5. The summed E-state index contributed by atoms with van der Waals surface area (Å²) in [6.07, 6.45) is 1.73. The van der Waals surface area contributed by atoms with Crippen molar-refractivity contribution in [2.24, 2.45) is 0 Å². The quantitative estimate of drug-likeness (QED) is 0.834. The van der Waals surface area contributed by atoms with Crippen LogP contribution in [0.4, 0.5) is 11.5 Å². The van der Waals surface area contributed by atoms with E-state index in [-0.39, 0.29) is 37.0 Å². The number of likely N-dealkylation sites (N-methyl/N-ethyl adjacent to an activating group) is 1. The van der Waals surface area contributed by atoms with E-state index in [0.29, 0.717) is 22.8 Å². The van der Waals surface area contributed by atoms with Crippen LogP contribution in [0.3, 0.4) is 0 Å². The summed E-state index contributed by atoms with van der Waals surface area (Å²) in [6, 6.07) is 8.53. The molecule has 1 N–H and O–H groups in total. The number of nitrogens with zero attached hydrogens (tertiary/aromatic N) is 2. The fourth-order valence-electron chi connectivity index (χ4n) is 2.63. The van der Waals surface area contributed by atoms with Crippen LogP contribution in [-0.2, 0) is 9.59 Å². The van der Waals surface area contributed by atoms with Gasteiger partial charge in [-0.15, -0.1) is 0 Å². The van der Waals surface area contributed by atoms with Gasteiger partial charge < -0.3 is 15.0 Å². The molecule has 0 fully saturated rings. The SMILES string of the molecule is Cc1ccnc(NC(=O)CCC(=O)c2ccc3c(c2)N(C)C(=O)CO3)c1. The van der Waals surface area contributed by atoms with Crippen LogP contribution in [0.5, 0.6) is 5.75 Å². The van der Waals surface area contributed by atoms with Crippen molar-refractivity contribution in [1.82, 2.24) is 4.98 Å². The number of rotatable bonds is 5. The van der Waals surface area contributed by atoms with Gasteiger partial charge >= 0.3 is 0 Å². The highest BCUT2D eigenvalue weighted by atomic mass is 16.5. The van der Waals surface area contributed by atoms with Gasteiger partial charge in [0.05, 0.1) is 5.69 Å². The molecule has 0 saturated carbocycles. The number of amides is 2. The Hall–Kier alpha value is -3.22. The molecule has 1 aromatic heterocycles. The maximum absolute atomic E-state index is 12.4. The monoisotopic (exact) mass is 353 g/mol. The molecule has 7 heteroatoms. The van der Waals surface area contributed by atoms with Gasteiger partial charge in [-0.1, -0.05) is 0 Å². The zero-order valence-electron chi connectivity index (χ0n) is 14.6. The van der Waals surface area contributed by atoms with Crippen molar-refractivity contribution in [3.8, 4) is 5.75 Å². The number of ketones is 1. The van der Waals surface area contributed by atoms with E-state index < -0.39 is 0 Å². The maximum Gasteiger partial charge on any atom is 0.264 e. The number of benzene rings is 1. The zero-order chi connectivity index (χ0) is 18.7. The van der Waals surface area contributed by atoms with E-state index >= 15 is 0 Å². The molecular formula is C19H19N3O4. The minimum atomic E-state index is -0.273. The Labute approximate surface area is 151 Å². The summed E-state index contributed by atoms with van der Waals surface area (Å²) in [7, 11) is 1.64. The molecule has 0 spiro atoms. The molecule has 3 rings (SSSR count). The molecule has 0 radical (unpaired) electrons. The smallest absolute Gasteiger partial charge is 0.264 e. The number of Topliss-reactive ketones (excluding diaryl/α,β-unsaturated/α-hetero) is 1. The molecule has 0 bridgehead atoms. The van der Waals surface area contributed by atoms with Gasteiger partial charge in [-0.05, 0) is 42.8 Å². The molecule has 0 aliphatic carbocycles. The highest BCUT2D eigenvalue weighted by Crippen LogP contribution is 2.32. The third-order valence-corrected chi connectivity index (χ3v) is 4.13. The zero-order valence-corrected chi connectivity index (χ0v) is 14.6. The van der Waals surface area contributed by atoms with Gasteiger partial charge in [-0.2, -0.15) is 0 Å². The fourth-order valence-corrected chi connectivity index (χ4v) is 2.63. The molecule has 0 unspecified atom stereocenters. The topological polar surface area (TPSA) is 88.6 Å². The lowest BCUT2D eigenvalue weighted by atomic mass is 10.0. The van der Waals surface area contributed by atoms with Crippen LogP contribution in [0.1, 0.15) is 28.8 Å². The molecule has 2 amide bonds. The minimum Gasteiger partial charge on any atom is -0.482 e. The van der Waals surface area contributed by atoms with Crippen LogP contribution in [0.25, 0.3) is 0 Å². The number of ether oxygens (including phenoxy) is 1. The van der Waals surface area contributed by atoms with E-state index in [1.165, 1.54) is 4.90 Å². The van der Waals surface area contributed by atoms with Crippen LogP contribution in [0.15, 0.2) is 36.5 Å². The number of pyridine rings is 1. The Kier molecular flexibility index (Phi) is 4.97. The van der Waals surface area contributed by atoms with Crippen LogP contribution >= 0.6 is 0 Å². The summed E-state index contributed by atoms with van der Waals surface area (Å²) in [5, 5.41) is 2.68. The first kappa shape index (κ1) is 17.6. The molecule has 2 aromatic rings. The van der Waals surface area contributed by atoms with Crippen LogP contribution in [0, 0.1) is 6.92 Å². The average molecular weight is 353 g/mol. The predicted molar refractivity (Wildman–Crippen MR) is 96.5 cm³/mol. The maximum atomic E-state index is 12.4. The Morgan fingerprint density at radius 2 is 2.04 bits per heavy atom. The molecule has 7 nitrogen and oxygen atoms in total. The van der Waals surface area contributed by atoms with Crippen molar-refractivity contribution in [3.63, 3.8) is 0 Å². The van der Waals surface area contributed by atoms with Gasteiger partial charge in [-0.25, -0.2) is 4.98 Å². The van der Waals surface area contributed by atoms with E-state index in [1.54, 1.807) is 37.5 Å². The molecular weight excluding hydrogens is 334 g/mol. The number of nitrogens with one attached hydrogen (secondary N) is 1. The van der Waals surface area contributed by atoms with Crippen molar-refractivity contribution in [1.29, 1.82) is 0 Å². The van der Waals surface area contributed by atoms with E-state index in [4.69, 9.17) is 4.74 Å². The van der Waals surface area contributed by atoms with Gasteiger partial charge in [0.15, 0.2) is 12.4 Å². The molecule has 1 aliphatic heterocycles. The van der Waals surface area contributed by atoms with Gasteiger partial charge in [0.1, 0.15) is 11.6 Å². The van der Waals surface area contributed by atoms with Gasteiger partial charge in [-0.3, -0.25) is 14.4 Å². The normalized spacial score (nSPS) is 13.0. The Bertz CT molecular complexity index is 879. The highest BCUT2D eigenvalue weighted by molar-refractivity contribution is 6.03. The van der Waals surface area contributed by atoms with Gasteiger partial charge in [0.25, 0.3) is 5.91 Å². The molecule has 134 valence electrons. The lowest BCUT2D eigenvalue weighted by Crippen LogP contribution is -2.35. The van der Waals surface area contributed by atoms with Crippen molar-refractivity contribution in [2.45, 2.75) is 19.8 Å². The van der Waals surface area contributed by atoms with E-state index in [9.17, 15) is 14.4 Å². The summed E-state index contributed by atoms with van der Waals surface area (Å²) in [5.74, 6) is 0.407. The average Bonchev–Trinajstić information content (AvgIpc) is 2.62. The summed E-state index contributed by atoms with van der Waals surface area (Å²) in [4.78, 5) is 41.6. The third kappa shape index (κ3) is 3.88. The molecule has 0 saturated heterocycles. The summed E-state index contributed by atoms with van der Waals surface area (Å²) in [6.45, 7) is 1.90. The molecule has 1 aliphatic rings. The largest absolute Gasteiger partial charge is 0.482 e. The first-order chi connectivity index (χ1) is 12.4. The van der Waals surface area contributed by atoms with E-state index in [1.807, 2.05) is 13.0 Å². The van der Waals surface area contributed by atoms with E-state index in [0.717, 1.165) is 5.56 Å². The van der Waals surface area contributed by atoms with Crippen LogP contribution in [0.2, 0.25) is 0 Å². The fraction of sp³-hybridized carbons (Fsp3) is 0.263. The molecule has 26 heavy (non-hydrogen) atoms. The second-order valence-electron chi connectivity index (χ2n) is 6.11. The second kappa shape index (κ2) is 7.35. The number of anilines is 2. The number of hydrogen-bond donors (Lipinski definition) is 1. The van der Waals surface area contributed by atoms with Gasteiger partial charge in [0.2, 0.25) is 5.91 Å². The Balaban J connectivity index is 1.62. The lowest BCUT2D eigenvalue weighted by Gasteiger charge is -2.26. The Morgan fingerprint density at radius 3 is 2.81 bits per heavy atom. The van der Waals surface area contributed by atoms with E-state index in [2.05, 4.69) is 10.3 Å². The number of aromatic nitrogens is 1. The third-order valence-electron chi connectivity index (χ3n) is 4.13. The van der Waals surface area contributed by atoms with Crippen molar-refractivity contribution in [2.75, 3.05) is 23.9 Å². The first-order valence-electron chi connectivity index (χ1n) is 8.23. The first-order valence-corrected chi connectivity index (χ1v) is 8.23. The number of fused-ring (bicyclic) bond motifs is 1. The van der Waals surface area contributed by atoms with Crippen molar-refractivity contribution in [3.05, 3.63) is 47.7 Å². The van der Waals surface area contributed by atoms with Crippen LogP contribution < -0.4 is 15.0 Å². The molecule has 1 aromatic carbocycles. The molecule has 2 heterocycles. The summed E-state index contributed by atoms with van der Waals surface area (Å²) in [5.41, 5.74) is 1.98. The summed E-state index contributed by atoms with van der Waals surface area (Å²) >= 11 is 0. The lowest BCUT2D eigenvalue weighted by molar-refractivity contribution is -0.121. The Morgan fingerprint density at radius 1 is 1.23 bits per heavy atom. The second-order valence-corrected chi connectivity index (χ2v) is 6.11. The predicted octanol–water partition coefficient (Wildman–Crippen LogP) is 2.35.